The number of ether oxygens (including phenoxy) is 3. The summed E-state index contributed by atoms with van der Waals surface area (Å²) in [7, 11) is 3.76. The molecule has 4 nitrogen and oxygen atoms in total. The summed E-state index contributed by atoms with van der Waals surface area (Å²) in [5, 5.41) is 11.6. The molecule has 0 spiro atoms. The molecule has 2 unspecified atom stereocenters. The summed E-state index contributed by atoms with van der Waals surface area (Å²) in [5.74, 6) is 0.435. The Bertz CT molecular complexity index is 680. The lowest BCUT2D eigenvalue weighted by atomic mass is 9.77. The van der Waals surface area contributed by atoms with E-state index in [9.17, 15) is 5.11 Å². The fourth-order valence-electron chi connectivity index (χ4n) is 4.46. The Kier molecular flexibility index (Phi) is 9.38. The molecule has 0 radical (unpaired) electrons. The summed E-state index contributed by atoms with van der Waals surface area (Å²) in [6, 6.07) is 10.2. The van der Waals surface area contributed by atoms with Gasteiger partial charge in [-0.15, -0.1) is 6.58 Å². The first kappa shape index (κ1) is 25.1. The lowest BCUT2D eigenvalue weighted by Gasteiger charge is -2.48. The van der Waals surface area contributed by atoms with E-state index in [1.807, 2.05) is 46.7 Å². The van der Waals surface area contributed by atoms with Crippen LogP contribution < -0.4 is 0 Å². The smallest absolute Gasteiger partial charge is 0.192 e. The first-order chi connectivity index (χ1) is 14.9. The molecule has 2 fully saturated rings. The number of allylic oxidation sites excluding steroid dienone is 1. The Morgan fingerprint density at radius 1 is 1.23 bits per heavy atom. The van der Waals surface area contributed by atoms with E-state index in [-0.39, 0.29) is 4.75 Å². The molecule has 0 amide bonds. The van der Waals surface area contributed by atoms with Crippen molar-refractivity contribution in [3.63, 3.8) is 0 Å². The molecule has 0 saturated carbocycles. The van der Waals surface area contributed by atoms with E-state index >= 15 is 0 Å². The molecule has 6 heteroatoms. The van der Waals surface area contributed by atoms with E-state index in [1.165, 1.54) is 5.57 Å². The van der Waals surface area contributed by atoms with Crippen LogP contribution in [0.25, 0.3) is 0 Å². The lowest BCUT2D eigenvalue weighted by Crippen LogP contribution is -2.52. The van der Waals surface area contributed by atoms with Gasteiger partial charge in [0.2, 0.25) is 0 Å². The Morgan fingerprint density at radius 2 is 1.97 bits per heavy atom. The average molecular weight is 467 g/mol. The topological polar surface area (TPSA) is 47.9 Å². The largest absolute Gasteiger partial charge is 0.389 e. The molecular formula is C25H38O4S2. The quantitative estimate of drug-likeness (QED) is 0.295. The fraction of sp³-hybridized carbons (Fsp3) is 0.680. The van der Waals surface area contributed by atoms with E-state index in [2.05, 4.69) is 25.6 Å². The molecule has 1 aromatic carbocycles. The van der Waals surface area contributed by atoms with Gasteiger partial charge in [0.05, 0.1) is 30.2 Å². The third kappa shape index (κ3) is 6.99. The molecule has 1 aromatic rings. The monoisotopic (exact) mass is 466 g/mol. The van der Waals surface area contributed by atoms with Crippen molar-refractivity contribution in [1.82, 2.24) is 0 Å². The van der Waals surface area contributed by atoms with Gasteiger partial charge in [0, 0.05) is 12.2 Å². The van der Waals surface area contributed by atoms with Gasteiger partial charge in [-0.3, -0.25) is 0 Å². The van der Waals surface area contributed by atoms with Gasteiger partial charge in [-0.1, -0.05) is 57.5 Å². The summed E-state index contributed by atoms with van der Waals surface area (Å²) in [5.41, 5.74) is 1.58. The first-order valence-corrected chi connectivity index (χ1v) is 13.8. The summed E-state index contributed by atoms with van der Waals surface area (Å²) in [6.45, 7) is 10.2. The van der Waals surface area contributed by atoms with E-state index < -0.39 is 11.4 Å². The third-order valence-corrected chi connectivity index (χ3v) is 9.98. The van der Waals surface area contributed by atoms with Crippen LogP contribution in [0.15, 0.2) is 42.5 Å². The molecule has 2 aliphatic heterocycles. The summed E-state index contributed by atoms with van der Waals surface area (Å²) >= 11 is 0. The highest BCUT2D eigenvalue weighted by molar-refractivity contribution is 8.77. The predicted octanol–water partition coefficient (Wildman–Crippen LogP) is 6.14. The summed E-state index contributed by atoms with van der Waals surface area (Å²) in [4.78, 5) is 0. The first-order valence-electron chi connectivity index (χ1n) is 11.4. The molecule has 1 N–H and O–H groups in total. The molecule has 0 aliphatic carbocycles. The van der Waals surface area contributed by atoms with Gasteiger partial charge in [0.1, 0.15) is 6.61 Å². The molecule has 2 atom stereocenters. The van der Waals surface area contributed by atoms with Gasteiger partial charge in [0.15, 0.2) is 5.79 Å². The molecular weight excluding hydrogens is 428 g/mol. The minimum atomic E-state index is -0.745. The number of aliphatic hydroxyl groups is 1. The normalized spacial score (nSPS) is 25.3. The van der Waals surface area contributed by atoms with Gasteiger partial charge < -0.3 is 19.3 Å². The van der Waals surface area contributed by atoms with Crippen molar-refractivity contribution in [2.24, 2.45) is 0 Å². The van der Waals surface area contributed by atoms with Crippen LogP contribution in [0.2, 0.25) is 0 Å². The standard InChI is InChI=1S/C25H38O4S2/c1-21(2)9-7-12-23(3,26)24(13-8-18-30-31-24)14-15-25(28-16-17-29-25)20-27-19-22-10-5-4-6-11-22/h4-6,10-11,26H,1,7-9,12-20H2,2-3H3. The lowest BCUT2D eigenvalue weighted by molar-refractivity contribution is -0.203. The van der Waals surface area contributed by atoms with Crippen LogP contribution in [0, 0.1) is 0 Å². The van der Waals surface area contributed by atoms with Gasteiger partial charge >= 0.3 is 0 Å². The van der Waals surface area contributed by atoms with Crippen LogP contribution in [-0.4, -0.2) is 46.8 Å². The molecule has 31 heavy (non-hydrogen) atoms. The van der Waals surface area contributed by atoms with Crippen LogP contribution >= 0.6 is 21.6 Å². The second-order valence-corrected chi connectivity index (χ2v) is 12.0. The van der Waals surface area contributed by atoms with Crippen molar-refractivity contribution >= 4 is 21.6 Å². The van der Waals surface area contributed by atoms with Gasteiger partial charge in [-0.2, -0.15) is 0 Å². The Labute approximate surface area is 195 Å². The molecule has 174 valence electrons. The average Bonchev–Trinajstić information content (AvgIpc) is 3.22. The van der Waals surface area contributed by atoms with Crippen molar-refractivity contribution in [2.45, 2.75) is 81.5 Å². The SMILES string of the molecule is C=C(C)CCCC(C)(O)C1(CCC2(COCc3ccccc3)OCCO2)CCCSS1. The summed E-state index contributed by atoms with van der Waals surface area (Å²) in [6.07, 6.45) is 6.44. The number of rotatable bonds is 12. The summed E-state index contributed by atoms with van der Waals surface area (Å²) < 4.78 is 18.0. The second-order valence-electron chi connectivity index (χ2n) is 9.17. The molecule has 2 aliphatic rings. The molecule has 0 aromatic heterocycles. The number of hydrogen-bond donors (Lipinski definition) is 1. The maximum atomic E-state index is 11.6. The maximum Gasteiger partial charge on any atom is 0.192 e. The van der Waals surface area contributed by atoms with Gasteiger partial charge in [-0.05, 0) is 57.9 Å². The Hall–Kier alpha value is -0.500. The van der Waals surface area contributed by atoms with Crippen LogP contribution in [0.1, 0.15) is 64.4 Å². The van der Waals surface area contributed by atoms with Crippen molar-refractivity contribution in [1.29, 1.82) is 0 Å². The highest BCUT2D eigenvalue weighted by Gasteiger charge is 2.50. The minimum Gasteiger partial charge on any atom is -0.389 e. The second kappa shape index (κ2) is 11.6. The van der Waals surface area contributed by atoms with E-state index in [0.717, 1.165) is 56.3 Å². The van der Waals surface area contributed by atoms with Gasteiger partial charge in [0.25, 0.3) is 0 Å². The number of benzene rings is 1. The van der Waals surface area contributed by atoms with E-state index in [1.54, 1.807) is 0 Å². The molecule has 2 heterocycles. The van der Waals surface area contributed by atoms with E-state index in [4.69, 9.17) is 14.2 Å². The van der Waals surface area contributed by atoms with Crippen molar-refractivity contribution < 1.29 is 19.3 Å². The highest BCUT2D eigenvalue weighted by atomic mass is 33.1. The van der Waals surface area contributed by atoms with Gasteiger partial charge in [-0.25, -0.2) is 0 Å². The molecule has 0 bridgehead atoms. The van der Waals surface area contributed by atoms with Crippen LogP contribution in [-0.2, 0) is 20.8 Å². The third-order valence-electron chi connectivity index (χ3n) is 6.43. The zero-order valence-corrected chi connectivity index (χ0v) is 20.7. The highest BCUT2D eigenvalue weighted by Crippen LogP contribution is 2.55. The van der Waals surface area contributed by atoms with Crippen LogP contribution in [0.5, 0.6) is 0 Å². The predicted molar refractivity (Wildman–Crippen MR) is 131 cm³/mol. The van der Waals surface area contributed by atoms with Crippen molar-refractivity contribution in [2.75, 3.05) is 25.6 Å². The zero-order valence-electron chi connectivity index (χ0n) is 19.1. The Morgan fingerprint density at radius 3 is 2.61 bits per heavy atom. The van der Waals surface area contributed by atoms with Crippen molar-refractivity contribution in [3.8, 4) is 0 Å². The van der Waals surface area contributed by atoms with Crippen LogP contribution in [0.4, 0.5) is 0 Å². The maximum absolute atomic E-state index is 11.6. The molecule has 2 saturated heterocycles. The van der Waals surface area contributed by atoms with E-state index in [0.29, 0.717) is 26.4 Å². The minimum absolute atomic E-state index is 0.202. The Balaban J connectivity index is 1.63. The molecule has 3 rings (SSSR count). The van der Waals surface area contributed by atoms with Crippen LogP contribution in [0.3, 0.4) is 0 Å². The fourth-order valence-corrected chi connectivity index (χ4v) is 8.04. The number of hydrogen-bond acceptors (Lipinski definition) is 6. The van der Waals surface area contributed by atoms with Crippen molar-refractivity contribution in [3.05, 3.63) is 48.0 Å². The zero-order chi connectivity index (χ0) is 22.2.